The first-order chi connectivity index (χ1) is 30.9. The van der Waals surface area contributed by atoms with Gasteiger partial charge in [-0.2, -0.15) is 0 Å². The summed E-state index contributed by atoms with van der Waals surface area (Å²) < 4.78 is 49.8. The van der Waals surface area contributed by atoms with Crippen molar-refractivity contribution in [1.29, 1.82) is 0 Å². The molecular weight excluding hydrogens is 997 g/mol. The summed E-state index contributed by atoms with van der Waals surface area (Å²) in [6.07, 6.45) is 0.303. The number of nitrogens with zero attached hydrogens (tertiary/aromatic N) is 4. The van der Waals surface area contributed by atoms with Crippen molar-refractivity contribution < 1.29 is 31.4 Å². The van der Waals surface area contributed by atoms with Gasteiger partial charge in [-0.1, -0.05) is 92.4 Å². The van der Waals surface area contributed by atoms with Crippen LogP contribution in [0.15, 0.2) is 132 Å². The Morgan fingerprint density at radius 1 is 0.806 bits per heavy atom. The minimum Gasteiger partial charge on any atom is 0 e. The van der Waals surface area contributed by atoms with E-state index in [2.05, 4.69) is 138 Å². The molecule has 9 rings (SSSR count). The molecule has 317 valence electrons. The number of aryl methyl sites for hydroxylation is 2. The fourth-order valence-electron chi connectivity index (χ4n) is 7.83. The summed E-state index contributed by atoms with van der Waals surface area (Å²) in [5.74, 6) is 7.49. The van der Waals surface area contributed by atoms with Crippen molar-refractivity contribution in [2.45, 2.75) is 84.4 Å². The fourth-order valence-corrected chi connectivity index (χ4v) is 10.8. The second-order valence-electron chi connectivity index (χ2n) is 18.8. The van der Waals surface area contributed by atoms with Gasteiger partial charge in [-0.25, -0.2) is 4.98 Å². The minimum atomic E-state index is -2.36. The van der Waals surface area contributed by atoms with Crippen molar-refractivity contribution >= 4 is 50.8 Å². The van der Waals surface area contributed by atoms with Gasteiger partial charge < -0.3 is 8.98 Å². The van der Waals surface area contributed by atoms with Crippen LogP contribution in [0, 0.1) is 31.3 Å². The predicted octanol–water partition coefficient (Wildman–Crippen LogP) is 14.0. The SMILES string of the molecule is Cc1ccc2c(n1)oc1c(-c3nc4ccccc4n3-c3c(-c4ccccc4)cccc3C(C)(C)C)[c-]ccc12.[2H]C([2H])([2H])c1c[c-]c(-c2cc(C([2H])([2H])C(C)(C)C)[c]([Ge]([CH3])([CH3])[CH3])cn2)cc1.[Ir]. The molecule has 0 saturated carbocycles. The second-order valence-corrected chi connectivity index (χ2v) is 29.4. The molecule has 0 amide bonds. The van der Waals surface area contributed by atoms with Crippen LogP contribution >= 0.6 is 0 Å². The maximum atomic E-state index is 8.80. The number of hydrogen-bond acceptors (Lipinski definition) is 4. The van der Waals surface area contributed by atoms with Crippen LogP contribution in [0.4, 0.5) is 0 Å². The van der Waals surface area contributed by atoms with Crippen molar-refractivity contribution in [3.63, 3.8) is 0 Å². The van der Waals surface area contributed by atoms with E-state index in [1.807, 2.05) is 64.2 Å². The van der Waals surface area contributed by atoms with Crippen LogP contribution in [0.1, 0.15) is 70.8 Å². The van der Waals surface area contributed by atoms with Gasteiger partial charge in [0, 0.05) is 36.7 Å². The van der Waals surface area contributed by atoms with Gasteiger partial charge in [0.2, 0.25) is 5.71 Å². The molecule has 7 heteroatoms. The first-order valence-electron chi connectivity index (χ1n) is 23.4. The van der Waals surface area contributed by atoms with Crippen molar-refractivity contribution in [3.05, 3.63) is 162 Å². The molecule has 0 unspecified atom stereocenters. The molecule has 62 heavy (non-hydrogen) atoms. The number of imidazole rings is 1. The topological polar surface area (TPSA) is 56.7 Å². The van der Waals surface area contributed by atoms with Crippen LogP contribution in [-0.2, 0) is 31.9 Å². The van der Waals surface area contributed by atoms with E-state index in [1.165, 1.54) is 11.6 Å². The maximum Gasteiger partial charge on any atom is 0 e. The number of benzene rings is 5. The number of pyridine rings is 2. The first-order valence-corrected chi connectivity index (χ1v) is 28.2. The number of fused-ring (bicyclic) bond motifs is 4. The molecule has 0 spiro atoms. The number of aromatic nitrogens is 4. The second kappa shape index (κ2) is 17.6. The van der Waals surface area contributed by atoms with Crippen LogP contribution in [0.2, 0.25) is 17.3 Å². The largest absolute Gasteiger partial charge is 0 e. The monoisotopic (exact) mass is 1060 g/mol. The van der Waals surface area contributed by atoms with Gasteiger partial charge in [-0.3, -0.25) is 4.98 Å². The van der Waals surface area contributed by atoms with Crippen molar-refractivity contribution in [2.24, 2.45) is 5.41 Å². The summed E-state index contributed by atoms with van der Waals surface area (Å²) in [5, 5.41) is 2.01. The van der Waals surface area contributed by atoms with Crippen molar-refractivity contribution in [3.8, 4) is 39.5 Å². The molecular formula is C55H56GeIrN4O-2. The minimum absolute atomic E-state index is 0. The Morgan fingerprint density at radius 2 is 1.56 bits per heavy atom. The van der Waals surface area contributed by atoms with E-state index in [0.717, 1.165) is 65.7 Å². The van der Waals surface area contributed by atoms with Crippen molar-refractivity contribution in [1.82, 2.24) is 19.5 Å². The third-order valence-corrected chi connectivity index (χ3v) is 14.9. The van der Waals surface area contributed by atoms with Gasteiger partial charge >= 0.3 is 145 Å². The van der Waals surface area contributed by atoms with Crippen LogP contribution in [-0.4, -0.2) is 32.8 Å². The molecule has 0 aliphatic heterocycles. The number of furan rings is 1. The Balaban J connectivity index is 0.000000211. The third kappa shape index (κ3) is 9.29. The van der Waals surface area contributed by atoms with Gasteiger partial charge in [0.05, 0.1) is 28.1 Å². The Labute approximate surface area is 390 Å². The summed E-state index contributed by atoms with van der Waals surface area (Å²) in [6, 6.07) is 46.7. The van der Waals surface area contributed by atoms with E-state index >= 15 is 0 Å². The Hall–Kier alpha value is -5.14. The first kappa shape index (κ1) is 38.5. The molecule has 0 aliphatic carbocycles. The average molecular weight is 1060 g/mol. The molecule has 0 N–H and O–H groups in total. The molecule has 0 fully saturated rings. The van der Waals surface area contributed by atoms with E-state index in [9.17, 15) is 0 Å². The zero-order chi connectivity index (χ0) is 47.6. The number of para-hydroxylation sites is 3. The van der Waals surface area contributed by atoms with E-state index in [4.69, 9.17) is 16.3 Å². The molecule has 0 aliphatic rings. The van der Waals surface area contributed by atoms with Crippen LogP contribution in [0.3, 0.4) is 0 Å². The molecule has 4 heterocycles. The quantitative estimate of drug-likeness (QED) is 0.123. The molecule has 5 nitrogen and oxygen atoms in total. The molecule has 9 aromatic rings. The van der Waals surface area contributed by atoms with E-state index in [0.29, 0.717) is 22.5 Å². The smallest absolute Gasteiger partial charge is 0 e. The molecule has 1 radical (unpaired) electrons. The summed E-state index contributed by atoms with van der Waals surface area (Å²) in [6.45, 7) is 12.3. The van der Waals surface area contributed by atoms with E-state index < -0.39 is 31.9 Å². The van der Waals surface area contributed by atoms with Crippen LogP contribution < -0.4 is 4.40 Å². The normalized spacial score (nSPS) is 13.7. The summed E-state index contributed by atoms with van der Waals surface area (Å²) >= 11 is -2.36. The third-order valence-electron chi connectivity index (χ3n) is 10.7. The Kier molecular flexibility index (Phi) is 10.9. The van der Waals surface area contributed by atoms with Gasteiger partial charge in [-0.15, -0.1) is 18.2 Å². The summed E-state index contributed by atoms with van der Waals surface area (Å²) in [7, 11) is 0. The molecule has 5 aromatic carbocycles. The van der Waals surface area contributed by atoms with Gasteiger partial charge in [0.25, 0.3) is 0 Å². The van der Waals surface area contributed by atoms with Crippen LogP contribution in [0.25, 0.3) is 72.6 Å². The van der Waals surface area contributed by atoms with Gasteiger partial charge in [-0.05, 0) is 47.7 Å². The standard InChI is InChI=1S/C35H28N3O.C20H28GeN.Ir/c1-22-20-21-26-25-15-10-16-27(32(25)39-34(26)36-22)33-37-29-18-8-9-19-30(29)38(33)31-24(23-12-6-5-7-13-23)14-11-17-28(31)35(2,3)4;1-15-8-10-16(11-9-15)19-12-17(13-20(2,3)4)18(14-22-19)21(5,6)7;/h5-15,17-21H,1-4H3;8-10,12,14H,13H2,1-7H3;/q2*-1;/i;1D3,13D2;. The van der Waals surface area contributed by atoms with E-state index in [-0.39, 0.29) is 31.1 Å². The van der Waals surface area contributed by atoms with Crippen LogP contribution in [0.5, 0.6) is 0 Å². The predicted molar refractivity (Wildman–Crippen MR) is 259 cm³/mol. The molecule has 0 bridgehead atoms. The zero-order valence-electron chi connectivity index (χ0n) is 42.2. The zero-order valence-corrected chi connectivity index (χ0v) is 41.6. The molecule has 0 saturated heterocycles. The van der Waals surface area contributed by atoms with Gasteiger partial charge in [0.15, 0.2) is 0 Å². The Bertz CT molecular complexity index is 3230. The van der Waals surface area contributed by atoms with E-state index in [1.54, 1.807) is 12.1 Å². The number of rotatable bonds is 6. The number of hydrogen-bond donors (Lipinski definition) is 0. The summed E-state index contributed by atoms with van der Waals surface area (Å²) in [5.41, 5.74) is 11.3. The average Bonchev–Trinajstić information content (AvgIpc) is 3.83. The molecule has 0 atom stereocenters. The molecule has 4 aromatic heterocycles. The van der Waals surface area contributed by atoms with Gasteiger partial charge in [0.1, 0.15) is 0 Å². The maximum absolute atomic E-state index is 8.80. The Morgan fingerprint density at radius 3 is 2.26 bits per heavy atom. The summed E-state index contributed by atoms with van der Waals surface area (Å²) in [4.78, 5) is 14.4. The fraction of sp³-hybridized carbons (Fsp3) is 0.255. The van der Waals surface area contributed by atoms with Crippen molar-refractivity contribution in [2.75, 3.05) is 0 Å².